The molecule has 1 amide bonds. The molecule has 0 aliphatic carbocycles. The van der Waals surface area contributed by atoms with Crippen molar-refractivity contribution >= 4 is 34.7 Å². The lowest BCUT2D eigenvalue weighted by atomic mass is 10.1. The van der Waals surface area contributed by atoms with Gasteiger partial charge in [-0.15, -0.1) is 0 Å². The summed E-state index contributed by atoms with van der Waals surface area (Å²) < 4.78 is 21.6. The molecule has 0 saturated heterocycles. The fourth-order valence-electron chi connectivity index (χ4n) is 3.81. The molecule has 0 aliphatic rings. The number of fused-ring (bicyclic) bond motifs is 1. The van der Waals surface area contributed by atoms with Crippen LogP contribution < -0.4 is 25.4 Å². The maximum atomic E-state index is 12.8. The molecule has 0 bridgehead atoms. The Morgan fingerprint density at radius 2 is 1.65 bits per heavy atom. The Balaban J connectivity index is 1.62. The normalized spacial score (nSPS) is 12.4. The van der Waals surface area contributed by atoms with Crippen LogP contribution in [0.4, 0.5) is 16.4 Å². The number of ether oxygens (including phenoxy) is 4. The number of carbonyl (C=O) groups is 2. The van der Waals surface area contributed by atoms with Crippen LogP contribution in [0.5, 0.6) is 11.5 Å². The second-order valence-electron chi connectivity index (χ2n) is 11.3. The molecule has 11 heteroatoms. The summed E-state index contributed by atoms with van der Waals surface area (Å²) in [7, 11) is 3.24. The van der Waals surface area contributed by atoms with Gasteiger partial charge >= 0.3 is 12.1 Å². The largest absolute Gasteiger partial charge is 0.497 e. The third-order valence-electron chi connectivity index (χ3n) is 5.57. The van der Waals surface area contributed by atoms with E-state index < -0.39 is 29.3 Å². The number of nitrogens with one attached hydrogen (secondary N) is 4. The number of esters is 1. The highest BCUT2D eigenvalue weighted by Gasteiger charge is 2.28. The van der Waals surface area contributed by atoms with Crippen LogP contribution >= 0.6 is 0 Å². The number of H-pyrrole nitrogens is 1. The van der Waals surface area contributed by atoms with E-state index in [4.69, 9.17) is 18.9 Å². The summed E-state index contributed by atoms with van der Waals surface area (Å²) in [6.45, 7) is 11.5. The maximum Gasteiger partial charge on any atom is 0.408 e. The fraction of sp³-hybridized carbons (Fsp3) is 0.483. The van der Waals surface area contributed by atoms with E-state index in [1.165, 1.54) is 0 Å². The molecule has 0 radical (unpaired) electrons. The smallest absolute Gasteiger partial charge is 0.408 e. The lowest BCUT2D eigenvalue weighted by molar-refractivity contribution is -0.157. The second kappa shape index (κ2) is 12.8. The summed E-state index contributed by atoms with van der Waals surface area (Å²) in [6, 6.07) is 10.5. The second-order valence-corrected chi connectivity index (χ2v) is 11.3. The number of anilines is 2. The Morgan fingerprint density at radius 3 is 2.30 bits per heavy atom. The number of methoxy groups -OCH3 is 2. The summed E-state index contributed by atoms with van der Waals surface area (Å²) in [4.78, 5) is 33.0. The first kappa shape index (κ1) is 30.4. The molecule has 11 nitrogen and oxygen atoms in total. The van der Waals surface area contributed by atoms with Gasteiger partial charge in [-0.3, -0.25) is 0 Å². The van der Waals surface area contributed by atoms with E-state index in [9.17, 15) is 9.59 Å². The van der Waals surface area contributed by atoms with Gasteiger partial charge in [0.25, 0.3) is 0 Å². The number of rotatable bonds is 11. The zero-order chi connectivity index (χ0) is 29.5. The maximum absolute atomic E-state index is 12.8. The molecule has 1 aromatic heterocycles. The predicted molar refractivity (Wildman–Crippen MR) is 155 cm³/mol. The minimum absolute atomic E-state index is 0.297. The lowest BCUT2D eigenvalue weighted by Gasteiger charge is -2.26. The monoisotopic (exact) mass is 555 g/mol. The molecule has 0 unspecified atom stereocenters. The zero-order valence-corrected chi connectivity index (χ0v) is 24.6. The number of benzene rings is 2. The number of hydrogen-bond donors (Lipinski definition) is 4. The quantitative estimate of drug-likeness (QED) is 0.235. The van der Waals surface area contributed by atoms with Crippen LogP contribution in [0, 0.1) is 0 Å². The predicted octanol–water partition coefficient (Wildman–Crippen LogP) is 5.23. The molecule has 1 heterocycles. The Kier molecular flexibility index (Phi) is 9.73. The average Bonchev–Trinajstić information content (AvgIpc) is 3.26. The van der Waals surface area contributed by atoms with Crippen molar-refractivity contribution in [2.24, 2.45) is 0 Å². The van der Waals surface area contributed by atoms with E-state index in [0.29, 0.717) is 25.5 Å². The van der Waals surface area contributed by atoms with Gasteiger partial charge in [0.05, 0.1) is 25.3 Å². The standard InChI is InChI=1S/C29H41N5O6/c1-28(2,3)39-25(35)22(34-27(36)40-29(4,5)6)13-14-30-19-10-12-21-23(15-19)33-26(32-21)31-17-18-9-11-20(37-7)16-24(18)38-8/h9-12,15-16,22,30H,13-14,17H2,1-8H3,(H,34,36)(H2,31,32,33)/t22-/m0/s1. The van der Waals surface area contributed by atoms with Gasteiger partial charge in [-0.05, 0) is 78.3 Å². The molecule has 218 valence electrons. The summed E-state index contributed by atoms with van der Waals surface area (Å²) >= 11 is 0. The van der Waals surface area contributed by atoms with Gasteiger partial charge in [0, 0.05) is 30.4 Å². The average molecular weight is 556 g/mol. The molecule has 3 aromatic rings. The minimum atomic E-state index is -0.872. The summed E-state index contributed by atoms with van der Waals surface area (Å²) in [5.41, 5.74) is 2.06. The van der Waals surface area contributed by atoms with Gasteiger partial charge in [-0.25, -0.2) is 14.6 Å². The number of nitrogens with zero attached hydrogens (tertiary/aromatic N) is 1. The Morgan fingerprint density at radius 1 is 0.925 bits per heavy atom. The first-order valence-corrected chi connectivity index (χ1v) is 13.2. The van der Waals surface area contributed by atoms with Crippen LogP contribution in [-0.4, -0.2) is 60.0 Å². The molecule has 1 atom stereocenters. The summed E-state index contributed by atoms with van der Waals surface area (Å²) in [5, 5.41) is 9.24. The van der Waals surface area contributed by atoms with Gasteiger partial charge in [0.2, 0.25) is 5.95 Å². The van der Waals surface area contributed by atoms with Crippen molar-refractivity contribution in [3.05, 3.63) is 42.0 Å². The van der Waals surface area contributed by atoms with Crippen molar-refractivity contribution in [2.45, 2.75) is 71.8 Å². The van der Waals surface area contributed by atoms with Gasteiger partial charge in [-0.1, -0.05) is 0 Å². The molecule has 40 heavy (non-hydrogen) atoms. The molecule has 4 N–H and O–H groups in total. The van der Waals surface area contributed by atoms with Gasteiger partial charge < -0.3 is 39.9 Å². The van der Waals surface area contributed by atoms with E-state index >= 15 is 0 Å². The van der Waals surface area contributed by atoms with Crippen LogP contribution in [0.2, 0.25) is 0 Å². The van der Waals surface area contributed by atoms with E-state index in [0.717, 1.165) is 33.8 Å². The van der Waals surface area contributed by atoms with E-state index in [1.54, 1.807) is 55.8 Å². The van der Waals surface area contributed by atoms with Crippen molar-refractivity contribution in [3.63, 3.8) is 0 Å². The van der Waals surface area contributed by atoms with Crippen molar-refractivity contribution in [1.29, 1.82) is 0 Å². The van der Waals surface area contributed by atoms with Crippen molar-refractivity contribution in [3.8, 4) is 11.5 Å². The number of aromatic amines is 1. The highest BCUT2D eigenvalue weighted by atomic mass is 16.6. The van der Waals surface area contributed by atoms with Crippen LogP contribution in [0.25, 0.3) is 11.0 Å². The van der Waals surface area contributed by atoms with Crippen LogP contribution in [-0.2, 0) is 20.8 Å². The minimum Gasteiger partial charge on any atom is -0.497 e. The number of aromatic nitrogens is 2. The summed E-state index contributed by atoms with van der Waals surface area (Å²) in [6.07, 6.45) is -0.374. The molecule has 0 aliphatic heterocycles. The SMILES string of the molecule is COc1ccc(CNc2nc3ccc(NCC[C@H](NC(=O)OC(C)(C)C)C(=O)OC(C)(C)C)cc3[nH]2)c(OC)c1. The highest BCUT2D eigenvalue weighted by Crippen LogP contribution is 2.26. The third-order valence-corrected chi connectivity index (χ3v) is 5.57. The lowest BCUT2D eigenvalue weighted by Crippen LogP contribution is -2.46. The fourth-order valence-corrected chi connectivity index (χ4v) is 3.81. The van der Waals surface area contributed by atoms with Crippen LogP contribution in [0.15, 0.2) is 36.4 Å². The number of carbonyl (C=O) groups excluding carboxylic acids is 2. The Bertz CT molecular complexity index is 1310. The first-order valence-electron chi connectivity index (χ1n) is 13.2. The number of imidazole rings is 1. The first-order chi connectivity index (χ1) is 18.8. The van der Waals surface area contributed by atoms with Gasteiger partial charge in [-0.2, -0.15) is 0 Å². The van der Waals surface area contributed by atoms with Crippen LogP contribution in [0.3, 0.4) is 0 Å². The van der Waals surface area contributed by atoms with Crippen molar-refractivity contribution < 1.29 is 28.5 Å². The van der Waals surface area contributed by atoms with E-state index in [1.807, 2.05) is 36.4 Å². The van der Waals surface area contributed by atoms with Crippen LogP contribution in [0.1, 0.15) is 53.5 Å². The van der Waals surface area contributed by atoms with E-state index in [-0.39, 0.29) is 0 Å². The van der Waals surface area contributed by atoms with Gasteiger partial charge in [0.15, 0.2) is 0 Å². The molecular formula is C29H41N5O6. The number of alkyl carbamates (subject to hydrolysis) is 1. The molecule has 0 spiro atoms. The topological polar surface area (TPSA) is 136 Å². The van der Waals surface area contributed by atoms with Crippen molar-refractivity contribution in [2.75, 3.05) is 31.4 Å². The Labute approximate surface area is 235 Å². The van der Waals surface area contributed by atoms with E-state index in [2.05, 4.69) is 25.9 Å². The molecule has 0 fully saturated rings. The zero-order valence-electron chi connectivity index (χ0n) is 24.6. The molecule has 3 rings (SSSR count). The number of hydrogen-bond acceptors (Lipinski definition) is 9. The molecule has 0 saturated carbocycles. The summed E-state index contributed by atoms with van der Waals surface area (Å²) in [5.74, 6) is 1.55. The van der Waals surface area contributed by atoms with Gasteiger partial charge in [0.1, 0.15) is 28.7 Å². The number of amides is 1. The highest BCUT2D eigenvalue weighted by molar-refractivity contribution is 5.82. The third kappa shape index (κ3) is 9.25. The molecule has 2 aromatic carbocycles. The molecular weight excluding hydrogens is 514 g/mol. The van der Waals surface area contributed by atoms with Crippen molar-refractivity contribution in [1.82, 2.24) is 15.3 Å². The Hall–Kier alpha value is -4.15.